The van der Waals surface area contributed by atoms with Gasteiger partial charge in [0.05, 0.1) is 6.10 Å². The molecule has 0 aliphatic carbocycles. The molecule has 0 unspecified atom stereocenters. The number of thioether (sulfide) groups is 1. The summed E-state index contributed by atoms with van der Waals surface area (Å²) in [5.74, 6) is 1.24. The highest BCUT2D eigenvalue weighted by atomic mass is 32.2. The van der Waals surface area contributed by atoms with Crippen LogP contribution in [-0.2, 0) is 0 Å². The molecular formula is C9H19NOS. The van der Waals surface area contributed by atoms with Gasteiger partial charge >= 0.3 is 0 Å². The minimum absolute atomic E-state index is 0.0620. The number of piperidine rings is 1. The van der Waals surface area contributed by atoms with Crippen molar-refractivity contribution < 1.29 is 5.11 Å². The number of nitrogens with zero attached hydrogens (tertiary/aromatic N) is 1. The van der Waals surface area contributed by atoms with Crippen molar-refractivity contribution in [3.63, 3.8) is 0 Å². The van der Waals surface area contributed by atoms with Crippen LogP contribution in [0.15, 0.2) is 0 Å². The Morgan fingerprint density at radius 1 is 1.58 bits per heavy atom. The van der Waals surface area contributed by atoms with Gasteiger partial charge in [-0.2, -0.15) is 11.8 Å². The highest BCUT2D eigenvalue weighted by Crippen LogP contribution is 2.10. The molecule has 1 N–H and O–H groups in total. The number of rotatable bonds is 4. The van der Waals surface area contributed by atoms with Gasteiger partial charge in [0.1, 0.15) is 0 Å². The van der Waals surface area contributed by atoms with Gasteiger partial charge in [-0.1, -0.05) is 0 Å². The van der Waals surface area contributed by atoms with E-state index in [9.17, 15) is 5.11 Å². The molecular weight excluding hydrogens is 170 g/mol. The minimum Gasteiger partial charge on any atom is -0.392 e. The predicted octanol–water partition coefficient (Wildman–Crippen LogP) is 1.20. The van der Waals surface area contributed by atoms with Gasteiger partial charge in [0.15, 0.2) is 0 Å². The lowest BCUT2D eigenvalue weighted by Gasteiger charge is -2.29. The molecule has 1 fully saturated rings. The molecule has 1 rings (SSSR count). The minimum atomic E-state index is -0.0620. The van der Waals surface area contributed by atoms with Crippen molar-refractivity contribution in [1.82, 2.24) is 4.90 Å². The third kappa shape index (κ3) is 3.78. The predicted molar refractivity (Wildman–Crippen MR) is 54.7 cm³/mol. The zero-order valence-electron chi connectivity index (χ0n) is 7.83. The van der Waals surface area contributed by atoms with E-state index in [1.807, 2.05) is 11.8 Å². The highest BCUT2D eigenvalue weighted by Gasteiger charge is 2.16. The average Bonchev–Trinajstić information content (AvgIpc) is 2.05. The molecule has 1 atom stereocenters. The van der Waals surface area contributed by atoms with Gasteiger partial charge in [0.2, 0.25) is 0 Å². The third-order valence-corrected chi connectivity index (χ3v) is 3.00. The molecule has 0 saturated carbocycles. The van der Waals surface area contributed by atoms with E-state index in [4.69, 9.17) is 0 Å². The van der Waals surface area contributed by atoms with Crippen LogP contribution in [0, 0.1) is 0 Å². The summed E-state index contributed by atoms with van der Waals surface area (Å²) in [6, 6.07) is 0. The van der Waals surface area contributed by atoms with Crippen molar-refractivity contribution in [2.24, 2.45) is 0 Å². The van der Waals surface area contributed by atoms with E-state index in [0.717, 1.165) is 19.5 Å². The van der Waals surface area contributed by atoms with E-state index in [0.29, 0.717) is 0 Å². The van der Waals surface area contributed by atoms with Crippen molar-refractivity contribution in [1.29, 1.82) is 0 Å². The molecule has 0 radical (unpaired) electrons. The largest absolute Gasteiger partial charge is 0.392 e. The van der Waals surface area contributed by atoms with Gasteiger partial charge < -0.3 is 10.0 Å². The van der Waals surface area contributed by atoms with Gasteiger partial charge in [0.25, 0.3) is 0 Å². The maximum atomic E-state index is 9.39. The van der Waals surface area contributed by atoms with Crippen molar-refractivity contribution in [2.75, 3.05) is 31.6 Å². The fourth-order valence-electron chi connectivity index (χ4n) is 1.67. The second-order valence-corrected chi connectivity index (χ2v) is 4.43. The molecule has 0 aromatic heterocycles. The van der Waals surface area contributed by atoms with Crippen LogP contribution in [0.25, 0.3) is 0 Å². The molecule has 1 heterocycles. The quantitative estimate of drug-likeness (QED) is 0.672. The second-order valence-electron chi connectivity index (χ2n) is 3.44. The first-order valence-corrected chi connectivity index (χ1v) is 6.11. The SMILES string of the molecule is CSCCCN1CCC[C@H](O)C1. The Morgan fingerprint density at radius 2 is 2.42 bits per heavy atom. The van der Waals surface area contributed by atoms with Gasteiger partial charge in [-0.3, -0.25) is 0 Å². The Morgan fingerprint density at radius 3 is 3.08 bits per heavy atom. The smallest absolute Gasteiger partial charge is 0.0667 e. The zero-order valence-corrected chi connectivity index (χ0v) is 8.65. The molecule has 12 heavy (non-hydrogen) atoms. The molecule has 0 aromatic carbocycles. The van der Waals surface area contributed by atoms with E-state index in [-0.39, 0.29) is 6.10 Å². The summed E-state index contributed by atoms with van der Waals surface area (Å²) in [7, 11) is 0. The van der Waals surface area contributed by atoms with E-state index < -0.39 is 0 Å². The van der Waals surface area contributed by atoms with E-state index >= 15 is 0 Å². The summed E-state index contributed by atoms with van der Waals surface area (Å²) >= 11 is 1.90. The third-order valence-electron chi connectivity index (χ3n) is 2.30. The summed E-state index contributed by atoms with van der Waals surface area (Å²) in [6.45, 7) is 3.25. The van der Waals surface area contributed by atoms with Crippen LogP contribution >= 0.6 is 11.8 Å². The number of aliphatic hydroxyl groups is 1. The summed E-state index contributed by atoms with van der Waals surface area (Å²) < 4.78 is 0. The van der Waals surface area contributed by atoms with Gasteiger partial charge in [-0.05, 0) is 44.4 Å². The number of hydrogen-bond donors (Lipinski definition) is 1. The second kappa shape index (κ2) is 5.84. The standard InChI is InChI=1S/C9H19NOS/c1-12-7-3-6-10-5-2-4-9(11)8-10/h9,11H,2-8H2,1H3/t9-/m0/s1. The summed E-state index contributed by atoms with van der Waals surface area (Å²) in [6.07, 6.45) is 5.51. The van der Waals surface area contributed by atoms with Gasteiger partial charge in [0, 0.05) is 6.54 Å². The summed E-state index contributed by atoms with van der Waals surface area (Å²) in [5.41, 5.74) is 0. The lowest BCUT2D eigenvalue weighted by Crippen LogP contribution is -2.38. The van der Waals surface area contributed by atoms with Crippen LogP contribution in [0.5, 0.6) is 0 Å². The highest BCUT2D eigenvalue weighted by molar-refractivity contribution is 7.98. The molecule has 0 spiro atoms. The Labute approximate surface area is 79.3 Å². The van der Waals surface area contributed by atoms with Crippen LogP contribution in [0.4, 0.5) is 0 Å². The summed E-state index contributed by atoms with van der Waals surface area (Å²) in [5, 5.41) is 9.39. The van der Waals surface area contributed by atoms with Crippen molar-refractivity contribution in [3.05, 3.63) is 0 Å². The van der Waals surface area contributed by atoms with Crippen LogP contribution in [-0.4, -0.2) is 47.8 Å². The van der Waals surface area contributed by atoms with E-state index in [2.05, 4.69) is 11.2 Å². The number of likely N-dealkylation sites (tertiary alicyclic amines) is 1. The first kappa shape index (κ1) is 10.4. The van der Waals surface area contributed by atoms with E-state index in [1.165, 1.54) is 25.1 Å². The topological polar surface area (TPSA) is 23.5 Å². The van der Waals surface area contributed by atoms with Gasteiger partial charge in [-0.25, -0.2) is 0 Å². The Hall–Kier alpha value is 0.270. The molecule has 0 amide bonds. The maximum Gasteiger partial charge on any atom is 0.0667 e. The lowest BCUT2D eigenvalue weighted by molar-refractivity contribution is 0.0710. The Bertz CT molecular complexity index is 121. The van der Waals surface area contributed by atoms with Crippen molar-refractivity contribution >= 4 is 11.8 Å². The number of β-amino-alcohol motifs (C(OH)–C–C–N with tert-alkyl or cyclic N) is 1. The monoisotopic (exact) mass is 189 g/mol. The van der Waals surface area contributed by atoms with Crippen LogP contribution in [0.2, 0.25) is 0 Å². The average molecular weight is 189 g/mol. The summed E-state index contributed by atoms with van der Waals surface area (Å²) in [4.78, 5) is 2.38. The lowest BCUT2D eigenvalue weighted by atomic mass is 10.1. The fourth-order valence-corrected chi connectivity index (χ4v) is 2.08. The Balaban J connectivity index is 2.06. The van der Waals surface area contributed by atoms with Crippen molar-refractivity contribution in [3.8, 4) is 0 Å². The molecule has 2 nitrogen and oxygen atoms in total. The first-order chi connectivity index (χ1) is 5.83. The Kier molecular flexibility index (Phi) is 5.04. The van der Waals surface area contributed by atoms with Crippen LogP contribution < -0.4 is 0 Å². The molecule has 1 aliphatic rings. The van der Waals surface area contributed by atoms with Crippen LogP contribution in [0.3, 0.4) is 0 Å². The molecule has 1 saturated heterocycles. The van der Waals surface area contributed by atoms with E-state index in [1.54, 1.807) is 0 Å². The first-order valence-electron chi connectivity index (χ1n) is 4.72. The van der Waals surface area contributed by atoms with Gasteiger partial charge in [-0.15, -0.1) is 0 Å². The normalized spacial score (nSPS) is 26.0. The molecule has 72 valence electrons. The zero-order chi connectivity index (χ0) is 8.81. The van der Waals surface area contributed by atoms with Crippen LogP contribution in [0.1, 0.15) is 19.3 Å². The van der Waals surface area contributed by atoms with Crippen molar-refractivity contribution in [2.45, 2.75) is 25.4 Å². The fraction of sp³-hybridized carbons (Fsp3) is 1.00. The number of aliphatic hydroxyl groups excluding tert-OH is 1. The molecule has 1 aliphatic heterocycles. The molecule has 0 aromatic rings. The number of hydrogen-bond acceptors (Lipinski definition) is 3. The molecule has 3 heteroatoms. The molecule has 0 bridgehead atoms. The maximum absolute atomic E-state index is 9.39.